The van der Waals surface area contributed by atoms with Crippen molar-refractivity contribution in [2.24, 2.45) is 5.92 Å². The largest absolute Gasteiger partial charge is 0.416 e. The molecular formula is C18H17F3N4O3. The number of carbonyl (C=O) groups is 1. The van der Waals surface area contributed by atoms with Gasteiger partial charge >= 0.3 is 6.18 Å². The Hall–Kier alpha value is -2.91. The van der Waals surface area contributed by atoms with Gasteiger partial charge in [-0.1, -0.05) is 12.1 Å². The van der Waals surface area contributed by atoms with E-state index >= 15 is 0 Å². The van der Waals surface area contributed by atoms with Crippen LogP contribution in [0.2, 0.25) is 0 Å². The Kier molecular flexibility index (Phi) is 4.35. The molecule has 1 N–H and O–H groups in total. The highest BCUT2D eigenvalue weighted by Crippen LogP contribution is 2.40. The zero-order valence-electron chi connectivity index (χ0n) is 14.6. The number of aromatic nitrogens is 2. The third-order valence-corrected chi connectivity index (χ3v) is 5.29. The number of alkyl halides is 3. The number of amides is 1. The number of aromatic amines is 1. The first-order valence-electron chi connectivity index (χ1n) is 8.92. The SMILES string of the molecule is O=C([C@@H]1C[C@@H]1[N+](=O)[O-])N1CCC[C@@H]1c1ncc(-c2cccc(C(F)(F)F)c2)[nH]1. The van der Waals surface area contributed by atoms with Gasteiger partial charge in [0.25, 0.3) is 0 Å². The summed E-state index contributed by atoms with van der Waals surface area (Å²) < 4.78 is 38.8. The Bertz CT molecular complexity index is 927. The molecule has 28 heavy (non-hydrogen) atoms. The second kappa shape index (κ2) is 6.61. The minimum Gasteiger partial charge on any atom is -0.340 e. The smallest absolute Gasteiger partial charge is 0.340 e. The van der Waals surface area contributed by atoms with Crippen molar-refractivity contribution in [1.29, 1.82) is 0 Å². The summed E-state index contributed by atoms with van der Waals surface area (Å²) in [6.07, 6.45) is -1.35. The molecule has 0 unspecified atom stereocenters. The molecule has 1 saturated carbocycles. The Morgan fingerprint density at radius 2 is 2.14 bits per heavy atom. The van der Waals surface area contributed by atoms with Crippen molar-refractivity contribution in [2.45, 2.75) is 37.5 Å². The first-order chi connectivity index (χ1) is 13.3. The van der Waals surface area contributed by atoms with Gasteiger partial charge in [0.2, 0.25) is 11.9 Å². The maximum absolute atomic E-state index is 12.9. The molecule has 0 spiro atoms. The second-order valence-corrected chi connectivity index (χ2v) is 7.15. The summed E-state index contributed by atoms with van der Waals surface area (Å²) in [7, 11) is 0. The fraction of sp³-hybridized carbons (Fsp3) is 0.444. The number of likely N-dealkylation sites (tertiary alicyclic amines) is 1. The van der Waals surface area contributed by atoms with Crippen molar-refractivity contribution in [3.8, 4) is 11.3 Å². The van der Waals surface area contributed by atoms with Gasteiger partial charge in [0.15, 0.2) is 0 Å². The van der Waals surface area contributed by atoms with Crippen molar-refractivity contribution in [2.75, 3.05) is 6.54 Å². The van der Waals surface area contributed by atoms with Crippen LogP contribution in [0.1, 0.15) is 36.7 Å². The summed E-state index contributed by atoms with van der Waals surface area (Å²) in [6.45, 7) is 0.490. The normalized spacial score (nSPS) is 24.4. The molecule has 1 aromatic heterocycles. The number of hydrogen-bond acceptors (Lipinski definition) is 4. The van der Waals surface area contributed by atoms with E-state index in [0.717, 1.165) is 18.6 Å². The van der Waals surface area contributed by atoms with E-state index in [2.05, 4.69) is 9.97 Å². The fourth-order valence-electron chi connectivity index (χ4n) is 3.72. The molecule has 2 aliphatic rings. The molecule has 1 amide bonds. The van der Waals surface area contributed by atoms with Crippen molar-refractivity contribution in [1.82, 2.24) is 14.9 Å². The number of imidazole rings is 1. The predicted molar refractivity (Wildman–Crippen MR) is 91.6 cm³/mol. The number of rotatable bonds is 4. The van der Waals surface area contributed by atoms with E-state index in [1.165, 1.54) is 12.3 Å². The summed E-state index contributed by atoms with van der Waals surface area (Å²) in [5.74, 6) is -0.355. The predicted octanol–water partition coefficient (Wildman–Crippen LogP) is 3.42. The molecule has 2 aromatic rings. The van der Waals surface area contributed by atoms with Crippen LogP contribution in [0.15, 0.2) is 30.5 Å². The number of carbonyl (C=O) groups excluding carboxylic acids is 1. The lowest BCUT2D eigenvalue weighted by Crippen LogP contribution is -2.33. The molecule has 3 atom stereocenters. The van der Waals surface area contributed by atoms with E-state index in [4.69, 9.17) is 0 Å². The molecule has 1 aliphatic carbocycles. The summed E-state index contributed by atoms with van der Waals surface area (Å²) in [4.78, 5) is 31.9. The van der Waals surface area contributed by atoms with Crippen LogP contribution in [0.4, 0.5) is 13.2 Å². The maximum Gasteiger partial charge on any atom is 0.416 e. The highest BCUT2D eigenvalue weighted by atomic mass is 19.4. The maximum atomic E-state index is 12.9. The van der Waals surface area contributed by atoms with Gasteiger partial charge in [-0.05, 0) is 25.0 Å². The number of nitro groups is 1. The van der Waals surface area contributed by atoms with Gasteiger partial charge in [-0.15, -0.1) is 0 Å². The molecule has 2 fully saturated rings. The first-order valence-corrected chi connectivity index (χ1v) is 8.92. The lowest BCUT2D eigenvalue weighted by Gasteiger charge is -2.22. The van der Waals surface area contributed by atoms with Gasteiger partial charge < -0.3 is 9.88 Å². The monoisotopic (exact) mass is 394 g/mol. The van der Waals surface area contributed by atoms with Gasteiger partial charge in [0, 0.05) is 23.5 Å². The molecule has 0 radical (unpaired) electrons. The molecule has 2 heterocycles. The lowest BCUT2D eigenvalue weighted by molar-refractivity contribution is -0.497. The molecule has 7 nitrogen and oxygen atoms in total. The fourth-order valence-corrected chi connectivity index (χ4v) is 3.72. The van der Waals surface area contributed by atoms with Gasteiger partial charge in [-0.3, -0.25) is 14.9 Å². The minimum atomic E-state index is -4.44. The summed E-state index contributed by atoms with van der Waals surface area (Å²) in [5, 5.41) is 10.8. The third kappa shape index (κ3) is 3.34. The Labute approximate surface area is 157 Å². The first kappa shape index (κ1) is 18.5. The van der Waals surface area contributed by atoms with Crippen molar-refractivity contribution in [3.05, 3.63) is 52.0 Å². The molecule has 0 bridgehead atoms. The quantitative estimate of drug-likeness (QED) is 0.635. The molecule has 1 aromatic carbocycles. The van der Waals surface area contributed by atoms with E-state index in [1.54, 1.807) is 11.0 Å². The van der Waals surface area contributed by atoms with Crippen LogP contribution in [-0.2, 0) is 11.0 Å². The molecule has 1 aliphatic heterocycles. The minimum absolute atomic E-state index is 0.249. The summed E-state index contributed by atoms with van der Waals surface area (Å²) in [6, 6.07) is 3.76. The van der Waals surface area contributed by atoms with Gasteiger partial charge in [-0.25, -0.2) is 4.98 Å². The Balaban J connectivity index is 1.54. The van der Waals surface area contributed by atoms with Crippen LogP contribution >= 0.6 is 0 Å². The number of benzene rings is 1. The van der Waals surface area contributed by atoms with Crippen LogP contribution in [0, 0.1) is 16.0 Å². The topological polar surface area (TPSA) is 92.1 Å². The number of H-pyrrole nitrogens is 1. The average molecular weight is 394 g/mol. The van der Waals surface area contributed by atoms with Gasteiger partial charge in [0.1, 0.15) is 11.7 Å². The van der Waals surface area contributed by atoms with Crippen molar-refractivity contribution in [3.63, 3.8) is 0 Å². The summed E-state index contributed by atoms with van der Waals surface area (Å²) in [5.41, 5.74) is 0.0217. The zero-order chi connectivity index (χ0) is 20.1. The lowest BCUT2D eigenvalue weighted by atomic mass is 10.1. The number of nitrogens with one attached hydrogen (secondary N) is 1. The summed E-state index contributed by atoms with van der Waals surface area (Å²) >= 11 is 0. The van der Waals surface area contributed by atoms with Crippen LogP contribution < -0.4 is 0 Å². The molecule has 1 saturated heterocycles. The average Bonchev–Trinajstić information content (AvgIpc) is 3.07. The number of nitrogens with zero attached hydrogens (tertiary/aromatic N) is 3. The van der Waals surface area contributed by atoms with E-state index in [1.807, 2.05) is 0 Å². The molecular weight excluding hydrogens is 377 g/mol. The number of hydrogen-bond donors (Lipinski definition) is 1. The third-order valence-electron chi connectivity index (χ3n) is 5.29. The van der Waals surface area contributed by atoms with Crippen LogP contribution in [-0.4, -0.2) is 38.3 Å². The van der Waals surface area contributed by atoms with Gasteiger partial charge in [-0.2, -0.15) is 13.2 Å². The van der Waals surface area contributed by atoms with E-state index in [-0.39, 0.29) is 18.4 Å². The van der Waals surface area contributed by atoms with E-state index < -0.39 is 28.6 Å². The van der Waals surface area contributed by atoms with Crippen molar-refractivity contribution >= 4 is 5.91 Å². The second-order valence-electron chi connectivity index (χ2n) is 7.15. The Morgan fingerprint density at radius 1 is 1.36 bits per heavy atom. The molecule has 148 valence electrons. The standard InChI is InChI=1S/C18H17F3N4O3/c19-18(20,21)11-4-1-3-10(7-11)13-9-22-16(23-13)14-5-2-6-24(14)17(26)12-8-15(12)25(27)28/h1,3-4,7,9,12,14-15H,2,5-6,8H2,(H,22,23)/t12-,14-,15+/m1/s1. The van der Waals surface area contributed by atoms with Crippen LogP contribution in [0.25, 0.3) is 11.3 Å². The van der Waals surface area contributed by atoms with Gasteiger partial charge in [0.05, 0.1) is 23.5 Å². The molecule has 4 rings (SSSR count). The zero-order valence-corrected chi connectivity index (χ0v) is 14.6. The van der Waals surface area contributed by atoms with E-state index in [9.17, 15) is 28.1 Å². The van der Waals surface area contributed by atoms with E-state index in [0.29, 0.717) is 30.0 Å². The molecule has 10 heteroatoms. The van der Waals surface area contributed by atoms with Crippen LogP contribution in [0.5, 0.6) is 0 Å². The highest BCUT2D eigenvalue weighted by Gasteiger charge is 2.55. The number of halogens is 3. The van der Waals surface area contributed by atoms with Crippen LogP contribution in [0.3, 0.4) is 0 Å². The highest BCUT2D eigenvalue weighted by molar-refractivity contribution is 5.82. The Morgan fingerprint density at radius 3 is 2.82 bits per heavy atom. The van der Waals surface area contributed by atoms with Crippen molar-refractivity contribution < 1.29 is 22.9 Å².